The highest BCUT2D eigenvalue weighted by Gasteiger charge is 1.99. The minimum absolute atomic E-state index is 0.257. The molecule has 18 heavy (non-hydrogen) atoms. The van der Waals surface area contributed by atoms with Crippen molar-refractivity contribution in [1.29, 1.82) is 0 Å². The van der Waals surface area contributed by atoms with Crippen LogP contribution in [0.3, 0.4) is 0 Å². The van der Waals surface area contributed by atoms with Crippen molar-refractivity contribution in [3.05, 3.63) is 59.4 Å². The monoisotopic (exact) mass is 265 g/mol. The summed E-state index contributed by atoms with van der Waals surface area (Å²) >= 11 is 5.95. The molecule has 0 atom stereocenters. The number of halogens is 2. The Labute approximate surface area is 110 Å². The van der Waals surface area contributed by atoms with E-state index in [1.807, 2.05) is 18.2 Å². The molecule has 0 aliphatic rings. The lowest BCUT2D eigenvalue weighted by atomic mass is 10.3. The van der Waals surface area contributed by atoms with E-state index in [-0.39, 0.29) is 5.82 Å². The van der Waals surface area contributed by atoms with E-state index in [9.17, 15) is 4.39 Å². The van der Waals surface area contributed by atoms with Gasteiger partial charge in [0.2, 0.25) is 0 Å². The summed E-state index contributed by atoms with van der Waals surface area (Å²) in [6.45, 7) is 1.04. The average molecular weight is 266 g/mol. The zero-order valence-corrected chi connectivity index (χ0v) is 10.5. The van der Waals surface area contributed by atoms with Crippen LogP contribution in [0.25, 0.3) is 0 Å². The smallest absolute Gasteiger partial charge is 0.137 e. The van der Waals surface area contributed by atoms with E-state index >= 15 is 0 Å². The van der Waals surface area contributed by atoms with E-state index in [0.717, 1.165) is 5.69 Å². The van der Waals surface area contributed by atoms with Crippen molar-refractivity contribution in [2.24, 2.45) is 0 Å². The van der Waals surface area contributed by atoms with Crippen molar-refractivity contribution in [2.75, 3.05) is 18.5 Å². The first-order chi connectivity index (χ1) is 8.75. The van der Waals surface area contributed by atoms with Gasteiger partial charge in [0.15, 0.2) is 0 Å². The van der Waals surface area contributed by atoms with E-state index in [0.29, 0.717) is 23.9 Å². The molecule has 0 unspecified atom stereocenters. The van der Waals surface area contributed by atoms with E-state index < -0.39 is 0 Å². The molecule has 0 aliphatic heterocycles. The predicted octanol–water partition coefficient (Wildman–Crippen LogP) is 3.97. The molecule has 2 aromatic rings. The molecule has 0 aromatic heterocycles. The lowest BCUT2D eigenvalue weighted by Gasteiger charge is -2.09. The van der Waals surface area contributed by atoms with E-state index in [4.69, 9.17) is 16.3 Å². The molecule has 2 nitrogen and oxygen atoms in total. The molecule has 2 aromatic carbocycles. The molecule has 0 spiro atoms. The Morgan fingerprint density at radius 1 is 1.11 bits per heavy atom. The van der Waals surface area contributed by atoms with Crippen molar-refractivity contribution in [2.45, 2.75) is 0 Å². The van der Waals surface area contributed by atoms with Crippen molar-refractivity contribution in [1.82, 2.24) is 0 Å². The first-order valence-electron chi connectivity index (χ1n) is 5.62. The van der Waals surface area contributed by atoms with Crippen LogP contribution in [0.4, 0.5) is 10.1 Å². The number of rotatable bonds is 5. The first kappa shape index (κ1) is 12.7. The molecule has 0 fully saturated rings. The van der Waals surface area contributed by atoms with Gasteiger partial charge in [-0.25, -0.2) is 4.39 Å². The maximum atomic E-state index is 12.9. The van der Waals surface area contributed by atoms with Gasteiger partial charge in [-0.15, -0.1) is 0 Å². The summed E-state index contributed by atoms with van der Waals surface area (Å²) in [5.74, 6) is 0.396. The van der Waals surface area contributed by atoms with Gasteiger partial charge in [-0.3, -0.25) is 0 Å². The lowest BCUT2D eigenvalue weighted by Crippen LogP contribution is -2.11. The van der Waals surface area contributed by atoms with Crippen molar-refractivity contribution in [3.8, 4) is 5.75 Å². The Kier molecular flexibility index (Phi) is 4.42. The topological polar surface area (TPSA) is 21.3 Å². The summed E-state index contributed by atoms with van der Waals surface area (Å²) in [5, 5.41) is 3.65. The number of anilines is 1. The third kappa shape index (κ3) is 3.64. The van der Waals surface area contributed by atoms with Crippen LogP contribution >= 0.6 is 11.6 Å². The fraction of sp³-hybridized carbons (Fsp3) is 0.143. The quantitative estimate of drug-likeness (QED) is 0.826. The summed E-state index contributed by atoms with van der Waals surface area (Å²) in [7, 11) is 0. The number of ether oxygens (including phenoxy) is 1. The lowest BCUT2D eigenvalue weighted by molar-refractivity contribution is 0.333. The first-order valence-corrected chi connectivity index (χ1v) is 6.00. The largest absolute Gasteiger partial charge is 0.490 e. The fourth-order valence-corrected chi connectivity index (χ4v) is 1.71. The maximum Gasteiger partial charge on any atom is 0.137 e. The standard InChI is InChI=1S/C14H13ClFNO/c15-13-6-1-2-7-14(13)18-9-8-17-12-5-3-4-11(16)10-12/h1-7,10,17H,8-9H2. The van der Waals surface area contributed by atoms with Crippen LogP contribution < -0.4 is 10.1 Å². The van der Waals surface area contributed by atoms with Crippen LogP contribution in [-0.2, 0) is 0 Å². The van der Waals surface area contributed by atoms with Crippen molar-refractivity contribution >= 4 is 17.3 Å². The van der Waals surface area contributed by atoms with Gasteiger partial charge in [0.05, 0.1) is 5.02 Å². The molecule has 94 valence electrons. The number of para-hydroxylation sites is 1. The molecule has 0 bridgehead atoms. The Bertz CT molecular complexity index is 519. The van der Waals surface area contributed by atoms with Gasteiger partial charge in [-0.2, -0.15) is 0 Å². The summed E-state index contributed by atoms with van der Waals surface area (Å²) in [6, 6.07) is 13.6. The van der Waals surface area contributed by atoms with E-state index in [1.54, 1.807) is 18.2 Å². The SMILES string of the molecule is Fc1cccc(NCCOc2ccccc2Cl)c1. The van der Waals surface area contributed by atoms with Gasteiger partial charge < -0.3 is 10.1 Å². The fourth-order valence-electron chi connectivity index (χ4n) is 1.52. The summed E-state index contributed by atoms with van der Waals surface area (Å²) in [6.07, 6.45) is 0. The molecule has 4 heteroatoms. The van der Waals surface area contributed by atoms with E-state index in [1.165, 1.54) is 12.1 Å². The third-order valence-electron chi connectivity index (χ3n) is 2.35. The Morgan fingerprint density at radius 2 is 1.94 bits per heavy atom. The van der Waals surface area contributed by atoms with Crippen LogP contribution in [0.2, 0.25) is 5.02 Å². The van der Waals surface area contributed by atoms with Crippen LogP contribution in [0.1, 0.15) is 0 Å². The van der Waals surface area contributed by atoms with Crippen LogP contribution in [0, 0.1) is 5.82 Å². The Hall–Kier alpha value is -1.74. The number of hydrogen-bond acceptors (Lipinski definition) is 2. The second kappa shape index (κ2) is 6.26. The zero-order chi connectivity index (χ0) is 12.8. The van der Waals surface area contributed by atoms with Gasteiger partial charge in [0.1, 0.15) is 18.2 Å². The third-order valence-corrected chi connectivity index (χ3v) is 2.66. The van der Waals surface area contributed by atoms with Crippen molar-refractivity contribution < 1.29 is 9.13 Å². The highest BCUT2D eigenvalue weighted by molar-refractivity contribution is 6.32. The highest BCUT2D eigenvalue weighted by atomic mass is 35.5. The van der Waals surface area contributed by atoms with Crippen LogP contribution in [0.15, 0.2) is 48.5 Å². The maximum absolute atomic E-state index is 12.9. The minimum Gasteiger partial charge on any atom is -0.490 e. The summed E-state index contributed by atoms with van der Waals surface area (Å²) < 4.78 is 18.4. The van der Waals surface area contributed by atoms with E-state index in [2.05, 4.69) is 5.32 Å². The predicted molar refractivity (Wildman–Crippen MR) is 71.8 cm³/mol. The number of benzene rings is 2. The molecule has 0 amide bonds. The molecular formula is C14H13ClFNO. The Morgan fingerprint density at radius 3 is 2.72 bits per heavy atom. The molecular weight excluding hydrogens is 253 g/mol. The van der Waals surface area contributed by atoms with Gasteiger partial charge in [-0.05, 0) is 30.3 Å². The molecule has 0 radical (unpaired) electrons. The molecule has 0 saturated carbocycles. The second-order valence-corrected chi connectivity index (χ2v) is 4.12. The Balaban J connectivity index is 1.78. The highest BCUT2D eigenvalue weighted by Crippen LogP contribution is 2.22. The summed E-state index contributed by atoms with van der Waals surface area (Å²) in [5.41, 5.74) is 0.734. The van der Waals surface area contributed by atoms with Crippen molar-refractivity contribution in [3.63, 3.8) is 0 Å². The number of nitrogens with one attached hydrogen (secondary N) is 1. The molecule has 0 aliphatic carbocycles. The minimum atomic E-state index is -0.257. The molecule has 0 saturated heterocycles. The van der Waals surface area contributed by atoms with Crippen LogP contribution in [-0.4, -0.2) is 13.2 Å². The van der Waals surface area contributed by atoms with Gasteiger partial charge in [-0.1, -0.05) is 29.8 Å². The average Bonchev–Trinajstić information content (AvgIpc) is 2.37. The molecule has 2 rings (SSSR count). The second-order valence-electron chi connectivity index (χ2n) is 3.72. The summed E-state index contributed by atoms with van der Waals surface area (Å²) in [4.78, 5) is 0. The molecule has 1 N–H and O–H groups in total. The van der Waals surface area contributed by atoms with Gasteiger partial charge in [0, 0.05) is 12.2 Å². The zero-order valence-electron chi connectivity index (χ0n) is 9.70. The normalized spacial score (nSPS) is 10.1. The van der Waals surface area contributed by atoms with Gasteiger partial charge >= 0.3 is 0 Å². The van der Waals surface area contributed by atoms with Gasteiger partial charge in [0.25, 0.3) is 0 Å². The van der Waals surface area contributed by atoms with Crippen LogP contribution in [0.5, 0.6) is 5.75 Å². The number of hydrogen-bond donors (Lipinski definition) is 1. The molecule has 0 heterocycles.